The third-order valence-corrected chi connectivity index (χ3v) is 3.89. The Kier molecular flexibility index (Phi) is 4.25. The SMILES string of the molecule is Cn1c(=O)c(C(=O)NCC(=O)O)c(O)c2cnc(S(C)(=O)=O)nc21. The number of aryl methyl sites for hydroxylation is 1. The smallest absolute Gasteiger partial charge is 0.322 e. The van der Waals surface area contributed by atoms with Gasteiger partial charge in [0.1, 0.15) is 17.9 Å². The zero-order chi connectivity index (χ0) is 18.2. The minimum atomic E-state index is -3.75. The molecule has 2 heterocycles. The van der Waals surface area contributed by atoms with Crippen LogP contribution < -0.4 is 10.9 Å². The molecule has 11 nitrogen and oxygen atoms in total. The minimum absolute atomic E-state index is 0.134. The minimum Gasteiger partial charge on any atom is -0.506 e. The quantitative estimate of drug-likeness (QED) is 0.538. The number of fused-ring (bicyclic) bond motifs is 1. The van der Waals surface area contributed by atoms with Crippen LogP contribution in [0.15, 0.2) is 16.1 Å². The first kappa shape index (κ1) is 17.3. The van der Waals surface area contributed by atoms with Crippen molar-refractivity contribution >= 4 is 32.7 Å². The van der Waals surface area contributed by atoms with Crippen molar-refractivity contribution in [3.63, 3.8) is 0 Å². The van der Waals surface area contributed by atoms with Crippen LogP contribution >= 0.6 is 0 Å². The molecule has 0 spiro atoms. The van der Waals surface area contributed by atoms with Gasteiger partial charge in [-0.1, -0.05) is 0 Å². The number of rotatable bonds is 4. The van der Waals surface area contributed by atoms with Gasteiger partial charge in [-0.05, 0) is 0 Å². The van der Waals surface area contributed by atoms with Gasteiger partial charge >= 0.3 is 5.97 Å². The summed E-state index contributed by atoms with van der Waals surface area (Å²) in [6.07, 6.45) is 1.83. The zero-order valence-electron chi connectivity index (χ0n) is 12.5. The van der Waals surface area contributed by atoms with E-state index in [1.165, 1.54) is 7.05 Å². The van der Waals surface area contributed by atoms with Gasteiger partial charge in [0, 0.05) is 19.5 Å². The number of carboxylic acids is 1. The van der Waals surface area contributed by atoms with Crippen LogP contribution in [0, 0.1) is 0 Å². The van der Waals surface area contributed by atoms with Crippen LogP contribution in [0.25, 0.3) is 11.0 Å². The standard InChI is InChI=1S/C12H12N4O7S/c1-16-9-5(3-14-12(15-9)24(2,22)23)8(19)7(11(16)21)10(20)13-4-6(17)18/h3,19H,4H2,1-2H3,(H,13,20)(H,17,18). The second-order valence-corrected chi connectivity index (χ2v) is 6.74. The molecule has 0 bridgehead atoms. The molecule has 0 aromatic carbocycles. The summed E-state index contributed by atoms with van der Waals surface area (Å²) in [6, 6.07) is 0. The van der Waals surface area contributed by atoms with Crippen molar-refractivity contribution in [2.45, 2.75) is 5.16 Å². The molecule has 0 unspecified atom stereocenters. The number of nitrogens with one attached hydrogen (secondary N) is 1. The number of hydrogen-bond donors (Lipinski definition) is 3. The van der Waals surface area contributed by atoms with Gasteiger partial charge in [-0.2, -0.15) is 4.98 Å². The molecule has 0 fully saturated rings. The van der Waals surface area contributed by atoms with Crippen LogP contribution in [-0.2, 0) is 21.7 Å². The molecule has 0 radical (unpaired) electrons. The molecule has 2 aromatic heterocycles. The maximum Gasteiger partial charge on any atom is 0.322 e. The lowest BCUT2D eigenvalue weighted by Crippen LogP contribution is -2.35. The number of aromatic hydroxyl groups is 1. The van der Waals surface area contributed by atoms with Crippen LogP contribution in [0.2, 0.25) is 0 Å². The van der Waals surface area contributed by atoms with Crippen LogP contribution in [-0.4, -0.2) is 57.8 Å². The van der Waals surface area contributed by atoms with Crippen molar-refractivity contribution in [1.29, 1.82) is 0 Å². The van der Waals surface area contributed by atoms with Crippen LogP contribution in [0.4, 0.5) is 0 Å². The molecule has 2 aromatic rings. The number of carbonyl (C=O) groups excluding carboxylic acids is 1. The van der Waals surface area contributed by atoms with Gasteiger partial charge < -0.3 is 15.5 Å². The number of carboxylic acid groups (broad SMARTS) is 1. The summed E-state index contributed by atoms with van der Waals surface area (Å²) >= 11 is 0. The number of amides is 1. The Balaban J connectivity index is 2.72. The molecule has 24 heavy (non-hydrogen) atoms. The van der Waals surface area contributed by atoms with E-state index in [4.69, 9.17) is 5.11 Å². The first-order valence-corrected chi connectivity index (χ1v) is 8.22. The van der Waals surface area contributed by atoms with Gasteiger partial charge in [0.05, 0.1) is 5.39 Å². The highest BCUT2D eigenvalue weighted by atomic mass is 32.2. The summed E-state index contributed by atoms with van der Waals surface area (Å²) in [5, 5.41) is 20.0. The molecular weight excluding hydrogens is 344 g/mol. The lowest BCUT2D eigenvalue weighted by molar-refractivity contribution is -0.135. The number of aromatic nitrogens is 3. The van der Waals surface area contributed by atoms with Crippen molar-refractivity contribution in [3.8, 4) is 5.75 Å². The third-order valence-electron chi connectivity index (χ3n) is 3.03. The highest BCUT2D eigenvalue weighted by Crippen LogP contribution is 2.24. The number of hydrogen-bond acceptors (Lipinski definition) is 8. The predicted octanol–water partition coefficient (Wildman–Crippen LogP) is -1.75. The normalized spacial score (nSPS) is 11.4. The molecule has 0 aliphatic heterocycles. The van der Waals surface area contributed by atoms with E-state index < -0.39 is 50.3 Å². The highest BCUT2D eigenvalue weighted by molar-refractivity contribution is 7.90. The second kappa shape index (κ2) is 5.88. The maximum absolute atomic E-state index is 12.2. The molecule has 12 heteroatoms. The van der Waals surface area contributed by atoms with Gasteiger partial charge in [-0.25, -0.2) is 13.4 Å². The summed E-state index contributed by atoms with van der Waals surface area (Å²) in [7, 11) is -2.53. The number of sulfone groups is 1. The van der Waals surface area contributed by atoms with Gasteiger partial charge in [0.2, 0.25) is 15.0 Å². The largest absolute Gasteiger partial charge is 0.506 e. The number of pyridine rings is 1. The van der Waals surface area contributed by atoms with Crippen molar-refractivity contribution in [3.05, 3.63) is 22.1 Å². The van der Waals surface area contributed by atoms with E-state index in [0.717, 1.165) is 17.0 Å². The summed E-state index contributed by atoms with van der Waals surface area (Å²) in [5.74, 6) is -3.19. The van der Waals surface area contributed by atoms with Gasteiger partial charge in [0.15, 0.2) is 5.65 Å². The molecule has 2 rings (SSSR count). The first-order chi connectivity index (χ1) is 11.0. The van der Waals surface area contributed by atoms with Crippen LogP contribution in [0.3, 0.4) is 0 Å². The molecule has 0 aliphatic carbocycles. The maximum atomic E-state index is 12.2. The summed E-state index contributed by atoms with van der Waals surface area (Å²) in [6.45, 7) is -0.747. The molecule has 128 valence electrons. The lowest BCUT2D eigenvalue weighted by atomic mass is 10.2. The second-order valence-electron chi connectivity index (χ2n) is 4.83. The van der Waals surface area contributed by atoms with E-state index in [1.807, 2.05) is 5.32 Å². The van der Waals surface area contributed by atoms with E-state index in [9.17, 15) is 27.9 Å². The Hall–Kier alpha value is -3.02. The van der Waals surface area contributed by atoms with Gasteiger partial charge in [0.25, 0.3) is 11.5 Å². The van der Waals surface area contributed by atoms with Crippen molar-refractivity contribution < 1.29 is 28.2 Å². The predicted molar refractivity (Wildman–Crippen MR) is 79.5 cm³/mol. The average molecular weight is 356 g/mol. The fraction of sp³-hybridized carbons (Fsp3) is 0.250. The topological polar surface area (TPSA) is 169 Å². The third kappa shape index (κ3) is 3.03. The summed E-state index contributed by atoms with van der Waals surface area (Å²) < 4.78 is 23.8. The van der Waals surface area contributed by atoms with E-state index in [0.29, 0.717) is 0 Å². The molecule has 0 atom stereocenters. The molecule has 0 saturated heterocycles. The molecule has 0 saturated carbocycles. The fourth-order valence-electron chi connectivity index (χ4n) is 1.91. The Morgan fingerprint density at radius 1 is 1.38 bits per heavy atom. The fourth-order valence-corrected chi connectivity index (χ4v) is 2.40. The Morgan fingerprint density at radius 3 is 2.54 bits per heavy atom. The highest BCUT2D eigenvalue weighted by Gasteiger charge is 2.23. The van der Waals surface area contributed by atoms with E-state index in [2.05, 4.69) is 9.97 Å². The zero-order valence-corrected chi connectivity index (χ0v) is 13.3. The number of carbonyl (C=O) groups is 2. The molecule has 3 N–H and O–H groups in total. The monoisotopic (exact) mass is 356 g/mol. The Labute approximate surface area is 134 Å². The van der Waals surface area contributed by atoms with Crippen molar-refractivity contribution in [2.24, 2.45) is 7.05 Å². The van der Waals surface area contributed by atoms with E-state index >= 15 is 0 Å². The van der Waals surface area contributed by atoms with Crippen molar-refractivity contribution in [2.75, 3.05) is 12.8 Å². The van der Waals surface area contributed by atoms with Gasteiger partial charge in [-0.3, -0.25) is 19.0 Å². The Morgan fingerprint density at radius 2 is 2.00 bits per heavy atom. The van der Waals surface area contributed by atoms with E-state index in [1.54, 1.807) is 0 Å². The summed E-state index contributed by atoms with van der Waals surface area (Å²) in [5.41, 5.74) is -1.86. The molecule has 0 aliphatic rings. The van der Waals surface area contributed by atoms with Crippen LogP contribution in [0.5, 0.6) is 5.75 Å². The van der Waals surface area contributed by atoms with Crippen molar-refractivity contribution in [1.82, 2.24) is 19.9 Å². The first-order valence-electron chi connectivity index (χ1n) is 6.32. The Bertz CT molecular complexity index is 1030. The van der Waals surface area contributed by atoms with Crippen LogP contribution in [0.1, 0.15) is 10.4 Å². The average Bonchev–Trinajstić information content (AvgIpc) is 2.49. The summed E-state index contributed by atoms with van der Waals surface area (Å²) in [4.78, 5) is 41.9. The number of aliphatic carboxylic acids is 1. The molecule has 1 amide bonds. The van der Waals surface area contributed by atoms with Gasteiger partial charge in [-0.15, -0.1) is 0 Å². The van der Waals surface area contributed by atoms with E-state index in [-0.39, 0.29) is 11.0 Å². The number of nitrogens with zero attached hydrogens (tertiary/aromatic N) is 3. The molecular formula is C12H12N4O7S. The lowest BCUT2D eigenvalue weighted by Gasteiger charge is -2.11.